The lowest BCUT2D eigenvalue weighted by atomic mass is 10.1. The molecule has 1 rings (SSSR count). The maximum Gasteiger partial charge on any atom is 0.236 e. The van der Waals surface area contributed by atoms with Gasteiger partial charge in [0.15, 0.2) is 0 Å². The Bertz CT molecular complexity index is 216. The minimum absolute atomic E-state index is 0.158. The maximum absolute atomic E-state index is 11.8. The number of carbonyl (C=O) groups is 1. The Morgan fingerprint density at radius 3 is 2.31 bits per heavy atom. The molecule has 0 aromatic rings. The number of amides is 1. The Balaban J connectivity index is 2.23. The van der Waals surface area contributed by atoms with E-state index < -0.39 is 5.60 Å². The highest BCUT2D eigenvalue weighted by Gasteiger charge is 2.17. The van der Waals surface area contributed by atoms with Crippen molar-refractivity contribution in [2.24, 2.45) is 0 Å². The topological polar surface area (TPSA) is 52.6 Å². The van der Waals surface area contributed by atoms with E-state index in [2.05, 4.69) is 5.32 Å². The highest BCUT2D eigenvalue weighted by Crippen LogP contribution is 2.09. The van der Waals surface area contributed by atoms with Gasteiger partial charge in [-0.25, -0.2) is 0 Å². The van der Waals surface area contributed by atoms with E-state index >= 15 is 0 Å². The SMILES string of the molecule is CC(C)(O)CNCC(=O)N1CCCCCC1. The molecule has 0 saturated carbocycles. The number of carbonyl (C=O) groups excluding carboxylic acids is 1. The van der Waals surface area contributed by atoms with Gasteiger partial charge in [0.25, 0.3) is 0 Å². The third-order valence-electron chi connectivity index (χ3n) is 2.79. The molecule has 1 fully saturated rings. The van der Waals surface area contributed by atoms with Crippen molar-refractivity contribution in [3.8, 4) is 0 Å². The molecular weight excluding hydrogens is 204 g/mol. The highest BCUT2D eigenvalue weighted by molar-refractivity contribution is 5.78. The molecule has 0 bridgehead atoms. The van der Waals surface area contributed by atoms with Crippen LogP contribution in [0.2, 0.25) is 0 Å². The number of nitrogens with zero attached hydrogens (tertiary/aromatic N) is 1. The van der Waals surface area contributed by atoms with Crippen molar-refractivity contribution in [3.63, 3.8) is 0 Å². The Morgan fingerprint density at radius 1 is 1.25 bits per heavy atom. The van der Waals surface area contributed by atoms with Crippen LogP contribution in [0.4, 0.5) is 0 Å². The zero-order valence-corrected chi connectivity index (χ0v) is 10.5. The Kier molecular flexibility index (Phi) is 5.22. The number of likely N-dealkylation sites (tertiary alicyclic amines) is 1. The summed E-state index contributed by atoms with van der Waals surface area (Å²) in [5, 5.41) is 12.5. The molecule has 0 aromatic heterocycles. The Labute approximate surface area is 98.0 Å². The molecule has 1 heterocycles. The lowest BCUT2D eigenvalue weighted by Crippen LogP contribution is -2.43. The molecule has 0 aromatic carbocycles. The fourth-order valence-corrected chi connectivity index (χ4v) is 1.91. The molecule has 1 saturated heterocycles. The van der Waals surface area contributed by atoms with Crippen molar-refractivity contribution < 1.29 is 9.90 Å². The molecule has 94 valence electrons. The smallest absolute Gasteiger partial charge is 0.236 e. The molecule has 0 atom stereocenters. The third-order valence-corrected chi connectivity index (χ3v) is 2.79. The zero-order valence-electron chi connectivity index (χ0n) is 10.5. The first kappa shape index (κ1) is 13.5. The molecule has 1 amide bonds. The normalized spacial score (nSPS) is 18.3. The van der Waals surface area contributed by atoms with Crippen LogP contribution in [0.1, 0.15) is 39.5 Å². The summed E-state index contributed by atoms with van der Waals surface area (Å²) >= 11 is 0. The molecule has 0 radical (unpaired) electrons. The van der Waals surface area contributed by atoms with E-state index in [0.29, 0.717) is 13.1 Å². The van der Waals surface area contributed by atoms with Crippen LogP contribution in [-0.2, 0) is 4.79 Å². The summed E-state index contributed by atoms with van der Waals surface area (Å²) in [4.78, 5) is 13.8. The van der Waals surface area contributed by atoms with Crippen LogP contribution in [0, 0.1) is 0 Å². The molecule has 0 spiro atoms. The van der Waals surface area contributed by atoms with Crippen LogP contribution in [-0.4, -0.2) is 47.7 Å². The number of nitrogens with one attached hydrogen (secondary N) is 1. The molecule has 4 nitrogen and oxygen atoms in total. The van der Waals surface area contributed by atoms with Gasteiger partial charge in [0.1, 0.15) is 0 Å². The van der Waals surface area contributed by atoms with E-state index in [1.807, 2.05) is 4.90 Å². The van der Waals surface area contributed by atoms with Crippen molar-refractivity contribution in [2.75, 3.05) is 26.2 Å². The number of rotatable bonds is 4. The summed E-state index contributed by atoms with van der Waals surface area (Å²) < 4.78 is 0. The van der Waals surface area contributed by atoms with Crippen molar-refractivity contribution in [1.29, 1.82) is 0 Å². The van der Waals surface area contributed by atoms with Crippen molar-refractivity contribution in [1.82, 2.24) is 10.2 Å². The van der Waals surface area contributed by atoms with Gasteiger partial charge in [-0.3, -0.25) is 4.79 Å². The molecule has 0 unspecified atom stereocenters. The summed E-state index contributed by atoms with van der Waals surface area (Å²) in [6.45, 7) is 6.04. The zero-order chi connectivity index (χ0) is 12.0. The van der Waals surface area contributed by atoms with Crippen molar-refractivity contribution >= 4 is 5.91 Å². The lowest BCUT2D eigenvalue weighted by molar-refractivity contribution is -0.130. The first-order chi connectivity index (χ1) is 7.49. The second-order valence-electron chi connectivity index (χ2n) is 5.21. The van der Waals surface area contributed by atoms with Gasteiger partial charge in [-0.05, 0) is 26.7 Å². The standard InChI is InChI=1S/C12H24N2O2/c1-12(2,16)10-13-9-11(15)14-7-5-3-4-6-8-14/h13,16H,3-10H2,1-2H3. The summed E-state index contributed by atoms with van der Waals surface area (Å²) in [6.07, 6.45) is 4.72. The van der Waals surface area contributed by atoms with E-state index in [1.54, 1.807) is 13.8 Å². The van der Waals surface area contributed by atoms with Crippen LogP contribution in [0.5, 0.6) is 0 Å². The van der Waals surface area contributed by atoms with Crippen LogP contribution in [0.3, 0.4) is 0 Å². The minimum atomic E-state index is -0.751. The van der Waals surface area contributed by atoms with E-state index in [-0.39, 0.29) is 5.91 Å². The summed E-state index contributed by atoms with van der Waals surface area (Å²) in [6, 6.07) is 0. The molecule has 1 aliphatic rings. The summed E-state index contributed by atoms with van der Waals surface area (Å²) in [5.74, 6) is 0.158. The van der Waals surface area contributed by atoms with E-state index in [9.17, 15) is 9.90 Å². The van der Waals surface area contributed by atoms with Crippen LogP contribution >= 0.6 is 0 Å². The first-order valence-electron chi connectivity index (χ1n) is 6.20. The maximum atomic E-state index is 11.8. The molecular formula is C12H24N2O2. The third kappa shape index (κ3) is 5.47. The van der Waals surface area contributed by atoms with E-state index in [0.717, 1.165) is 25.9 Å². The summed E-state index contributed by atoms with van der Waals surface area (Å²) in [7, 11) is 0. The van der Waals surface area contributed by atoms with Crippen LogP contribution in [0.15, 0.2) is 0 Å². The average Bonchev–Trinajstić information content (AvgIpc) is 2.43. The lowest BCUT2D eigenvalue weighted by Gasteiger charge is -2.22. The molecule has 0 aliphatic carbocycles. The van der Waals surface area contributed by atoms with Gasteiger partial charge in [-0.1, -0.05) is 12.8 Å². The Hall–Kier alpha value is -0.610. The van der Waals surface area contributed by atoms with Gasteiger partial charge in [-0.2, -0.15) is 0 Å². The number of hydrogen-bond acceptors (Lipinski definition) is 3. The fourth-order valence-electron chi connectivity index (χ4n) is 1.91. The average molecular weight is 228 g/mol. The quantitative estimate of drug-likeness (QED) is 0.746. The largest absolute Gasteiger partial charge is 0.389 e. The Morgan fingerprint density at radius 2 is 1.81 bits per heavy atom. The molecule has 1 aliphatic heterocycles. The van der Waals surface area contributed by atoms with E-state index in [4.69, 9.17) is 0 Å². The second kappa shape index (κ2) is 6.21. The van der Waals surface area contributed by atoms with Gasteiger partial charge in [-0.15, -0.1) is 0 Å². The highest BCUT2D eigenvalue weighted by atomic mass is 16.3. The summed E-state index contributed by atoms with van der Waals surface area (Å²) in [5.41, 5.74) is -0.751. The van der Waals surface area contributed by atoms with Gasteiger partial charge in [0.2, 0.25) is 5.91 Å². The van der Waals surface area contributed by atoms with Crippen molar-refractivity contribution in [3.05, 3.63) is 0 Å². The monoisotopic (exact) mass is 228 g/mol. The van der Waals surface area contributed by atoms with Gasteiger partial charge in [0.05, 0.1) is 12.1 Å². The molecule has 2 N–H and O–H groups in total. The van der Waals surface area contributed by atoms with Crippen LogP contribution in [0.25, 0.3) is 0 Å². The number of hydrogen-bond donors (Lipinski definition) is 2. The van der Waals surface area contributed by atoms with Crippen molar-refractivity contribution in [2.45, 2.75) is 45.1 Å². The number of aliphatic hydroxyl groups is 1. The predicted octanol–water partition coefficient (Wildman–Crippen LogP) is 0.749. The van der Waals surface area contributed by atoms with Gasteiger partial charge in [0, 0.05) is 19.6 Å². The first-order valence-corrected chi connectivity index (χ1v) is 6.20. The minimum Gasteiger partial charge on any atom is -0.389 e. The molecule has 4 heteroatoms. The van der Waals surface area contributed by atoms with Crippen LogP contribution < -0.4 is 5.32 Å². The molecule has 16 heavy (non-hydrogen) atoms. The van der Waals surface area contributed by atoms with E-state index in [1.165, 1.54) is 12.8 Å². The predicted molar refractivity (Wildman–Crippen MR) is 64.2 cm³/mol. The fraction of sp³-hybridized carbons (Fsp3) is 0.917. The van der Waals surface area contributed by atoms with Gasteiger partial charge < -0.3 is 15.3 Å². The van der Waals surface area contributed by atoms with Gasteiger partial charge >= 0.3 is 0 Å². The second-order valence-corrected chi connectivity index (χ2v) is 5.21.